The van der Waals surface area contributed by atoms with Gasteiger partial charge >= 0.3 is 5.97 Å². The lowest BCUT2D eigenvalue weighted by Crippen LogP contribution is -2.39. The molecule has 0 N–H and O–H groups in total. The lowest BCUT2D eigenvalue weighted by molar-refractivity contribution is -0.140. The SMILES string of the molecule is CC[Si](CC)(CC)OC1C=C(C/C=C\CCCC(=O)OC)C(=O)C1. The van der Waals surface area contributed by atoms with Gasteiger partial charge in [-0.3, -0.25) is 9.59 Å². The summed E-state index contributed by atoms with van der Waals surface area (Å²) in [6.45, 7) is 6.62. The summed E-state index contributed by atoms with van der Waals surface area (Å²) in [6, 6.07) is 3.32. The number of carbonyl (C=O) groups excluding carboxylic acids is 2. The molecule has 1 rings (SSSR count). The number of carbonyl (C=O) groups is 2. The Labute approximate surface area is 147 Å². The Bertz CT molecular complexity index is 469. The first-order valence-corrected chi connectivity index (χ1v) is 11.7. The number of ether oxygens (including phenoxy) is 1. The van der Waals surface area contributed by atoms with Crippen LogP contribution in [0, 0.1) is 0 Å². The Balaban J connectivity index is 2.45. The van der Waals surface area contributed by atoms with E-state index in [9.17, 15) is 9.59 Å². The van der Waals surface area contributed by atoms with Gasteiger partial charge in [-0.1, -0.05) is 32.9 Å². The average Bonchev–Trinajstić information content (AvgIpc) is 2.94. The van der Waals surface area contributed by atoms with Gasteiger partial charge in [0.05, 0.1) is 13.2 Å². The Morgan fingerprint density at radius 3 is 2.50 bits per heavy atom. The van der Waals surface area contributed by atoms with Crippen molar-refractivity contribution in [2.75, 3.05) is 7.11 Å². The van der Waals surface area contributed by atoms with Crippen molar-refractivity contribution in [2.45, 2.75) is 77.1 Å². The van der Waals surface area contributed by atoms with Crippen LogP contribution in [0.15, 0.2) is 23.8 Å². The van der Waals surface area contributed by atoms with Crippen molar-refractivity contribution >= 4 is 20.1 Å². The molecule has 4 nitrogen and oxygen atoms in total. The minimum Gasteiger partial charge on any atom is -0.469 e. The molecule has 1 aliphatic rings. The Kier molecular flexibility index (Phi) is 9.22. The second-order valence-electron chi connectivity index (χ2n) is 6.36. The zero-order valence-electron chi connectivity index (χ0n) is 15.6. The van der Waals surface area contributed by atoms with E-state index in [2.05, 4.69) is 25.5 Å². The largest absolute Gasteiger partial charge is 0.469 e. The van der Waals surface area contributed by atoms with Gasteiger partial charge in [0.1, 0.15) is 0 Å². The molecule has 136 valence electrons. The molecule has 0 aromatic carbocycles. The van der Waals surface area contributed by atoms with Gasteiger partial charge in [-0.15, -0.1) is 0 Å². The summed E-state index contributed by atoms with van der Waals surface area (Å²) in [4.78, 5) is 23.2. The van der Waals surface area contributed by atoms with Crippen LogP contribution in [0.3, 0.4) is 0 Å². The third kappa shape index (κ3) is 6.36. The third-order valence-electron chi connectivity index (χ3n) is 4.95. The van der Waals surface area contributed by atoms with Gasteiger partial charge in [-0.25, -0.2) is 0 Å². The second kappa shape index (κ2) is 10.6. The highest BCUT2D eigenvalue weighted by Gasteiger charge is 2.34. The summed E-state index contributed by atoms with van der Waals surface area (Å²) in [5.74, 6) is 0.0397. The van der Waals surface area contributed by atoms with E-state index in [-0.39, 0.29) is 17.9 Å². The average molecular weight is 353 g/mol. The van der Waals surface area contributed by atoms with Gasteiger partial charge < -0.3 is 9.16 Å². The molecular formula is C19H32O4Si. The second-order valence-corrected chi connectivity index (χ2v) is 11.1. The first-order chi connectivity index (χ1) is 11.5. The summed E-state index contributed by atoms with van der Waals surface area (Å²) in [6.07, 6.45) is 9.28. The van der Waals surface area contributed by atoms with Crippen molar-refractivity contribution in [1.82, 2.24) is 0 Å². The number of hydrogen-bond acceptors (Lipinski definition) is 4. The molecule has 0 aromatic rings. The van der Waals surface area contributed by atoms with Gasteiger partial charge in [0.2, 0.25) is 0 Å². The number of hydrogen-bond donors (Lipinski definition) is 0. The molecule has 0 fully saturated rings. The van der Waals surface area contributed by atoms with E-state index < -0.39 is 8.32 Å². The predicted octanol–water partition coefficient (Wildman–Crippen LogP) is 4.57. The Morgan fingerprint density at radius 1 is 1.25 bits per heavy atom. The zero-order valence-corrected chi connectivity index (χ0v) is 16.6. The van der Waals surface area contributed by atoms with Gasteiger partial charge in [0, 0.05) is 12.8 Å². The summed E-state index contributed by atoms with van der Waals surface area (Å²) < 4.78 is 11.0. The zero-order chi connectivity index (χ0) is 18.0. The van der Waals surface area contributed by atoms with Crippen LogP contribution in [0.1, 0.15) is 52.9 Å². The fraction of sp³-hybridized carbons (Fsp3) is 0.684. The molecule has 0 amide bonds. The first-order valence-electron chi connectivity index (χ1n) is 9.13. The molecule has 0 aliphatic heterocycles. The number of unbranched alkanes of at least 4 members (excludes halogenated alkanes) is 1. The standard InChI is InChI=1S/C19H32O4Si/c1-5-24(6-2,7-3)23-17-14-16(18(20)15-17)12-10-8-9-11-13-19(21)22-4/h8,10,14,17H,5-7,9,11-13,15H2,1-4H3/b10-8-. The normalized spacial score (nSPS) is 18.2. The van der Waals surface area contributed by atoms with Gasteiger partial charge in [-0.05, 0) is 49.0 Å². The lowest BCUT2D eigenvalue weighted by Gasteiger charge is -2.30. The fourth-order valence-electron chi connectivity index (χ4n) is 3.06. The highest BCUT2D eigenvalue weighted by Crippen LogP contribution is 2.29. The topological polar surface area (TPSA) is 52.6 Å². The van der Waals surface area contributed by atoms with Crippen molar-refractivity contribution in [2.24, 2.45) is 0 Å². The van der Waals surface area contributed by atoms with Crippen LogP contribution in [0.25, 0.3) is 0 Å². The summed E-state index contributed by atoms with van der Waals surface area (Å²) in [5, 5.41) is 0. The molecule has 0 saturated heterocycles. The van der Waals surface area contributed by atoms with Crippen LogP contribution < -0.4 is 0 Å². The predicted molar refractivity (Wildman–Crippen MR) is 99.4 cm³/mol. The van der Waals surface area contributed by atoms with Crippen LogP contribution >= 0.6 is 0 Å². The minimum absolute atomic E-state index is 0.0215. The Hall–Kier alpha value is -1.20. The molecular weight excluding hydrogens is 320 g/mol. The number of rotatable bonds is 11. The highest BCUT2D eigenvalue weighted by atomic mass is 28.4. The van der Waals surface area contributed by atoms with E-state index in [0.717, 1.165) is 36.5 Å². The molecule has 0 aromatic heterocycles. The van der Waals surface area contributed by atoms with E-state index in [1.54, 1.807) is 0 Å². The van der Waals surface area contributed by atoms with Crippen LogP contribution in [0.5, 0.6) is 0 Å². The van der Waals surface area contributed by atoms with Gasteiger partial charge in [-0.2, -0.15) is 0 Å². The van der Waals surface area contributed by atoms with E-state index >= 15 is 0 Å². The maximum absolute atomic E-state index is 12.2. The summed E-state index contributed by atoms with van der Waals surface area (Å²) in [5.41, 5.74) is 0.871. The number of ketones is 1. The molecule has 1 atom stereocenters. The molecule has 0 saturated carbocycles. The molecule has 5 heteroatoms. The molecule has 0 radical (unpaired) electrons. The summed E-state index contributed by atoms with van der Waals surface area (Å²) in [7, 11) is -0.259. The van der Waals surface area contributed by atoms with Crippen molar-refractivity contribution in [1.29, 1.82) is 0 Å². The fourth-order valence-corrected chi connectivity index (χ4v) is 5.86. The molecule has 0 bridgehead atoms. The molecule has 0 heterocycles. The van der Waals surface area contributed by atoms with Gasteiger partial charge in [0.15, 0.2) is 14.1 Å². The first kappa shape index (κ1) is 20.8. The summed E-state index contributed by atoms with van der Waals surface area (Å²) >= 11 is 0. The van der Waals surface area contributed by atoms with E-state index in [1.165, 1.54) is 7.11 Å². The van der Waals surface area contributed by atoms with Crippen molar-refractivity contribution < 1.29 is 18.8 Å². The van der Waals surface area contributed by atoms with E-state index in [4.69, 9.17) is 4.43 Å². The van der Waals surface area contributed by atoms with Crippen molar-refractivity contribution in [3.8, 4) is 0 Å². The minimum atomic E-state index is -1.66. The molecule has 1 unspecified atom stereocenters. The molecule has 1 aliphatic carbocycles. The number of allylic oxidation sites excluding steroid dienone is 3. The van der Waals surface area contributed by atoms with Crippen LogP contribution in [-0.4, -0.2) is 33.3 Å². The third-order valence-corrected chi connectivity index (χ3v) is 9.62. The highest BCUT2D eigenvalue weighted by molar-refractivity contribution is 6.73. The monoisotopic (exact) mass is 352 g/mol. The molecule has 0 spiro atoms. The van der Waals surface area contributed by atoms with Crippen LogP contribution in [0.4, 0.5) is 0 Å². The van der Waals surface area contributed by atoms with Crippen LogP contribution in [-0.2, 0) is 18.8 Å². The lowest BCUT2D eigenvalue weighted by atomic mass is 10.1. The van der Waals surface area contributed by atoms with Crippen molar-refractivity contribution in [3.05, 3.63) is 23.8 Å². The quantitative estimate of drug-likeness (QED) is 0.237. The maximum Gasteiger partial charge on any atom is 0.305 e. The molecule has 24 heavy (non-hydrogen) atoms. The number of methoxy groups -OCH3 is 1. The van der Waals surface area contributed by atoms with Crippen LogP contribution in [0.2, 0.25) is 18.1 Å². The number of esters is 1. The van der Waals surface area contributed by atoms with E-state index in [1.807, 2.05) is 18.2 Å². The Morgan fingerprint density at radius 2 is 1.92 bits per heavy atom. The smallest absolute Gasteiger partial charge is 0.305 e. The van der Waals surface area contributed by atoms with Crippen molar-refractivity contribution in [3.63, 3.8) is 0 Å². The maximum atomic E-state index is 12.2. The van der Waals surface area contributed by atoms with Gasteiger partial charge in [0.25, 0.3) is 0 Å². The number of Topliss-reactive ketones (excluding diaryl/α,β-unsaturated/α-hetero) is 1. The van der Waals surface area contributed by atoms with E-state index in [0.29, 0.717) is 19.3 Å².